The van der Waals surface area contributed by atoms with Crippen molar-refractivity contribution < 1.29 is 35.6 Å². The van der Waals surface area contributed by atoms with Crippen LogP contribution in [0.4, 0.5) is 0 Å². The number of hydrogen-bond acceptors (Lipinski definition) is 1. The molecule has 0 atom stereocenters. The van der Waals surface area contributed by atoms with Crippen molar-refractivity contribution in [3.8, 4) is 0 Å². The molecule has 0 spiro atoms. The molecule has 0 aromatic heterocycles. The number of hydrogen-bond donors (Lipinski definition) is 0. The summed E-state index contributed by atoms with van der Waals surface area (Å²) in [6, 6.07) is 17.8. The summed E-state index contributed by atoms with van der Waals surface area (Å²) < 4.78 is 0. The van der Waals surface area contributed by atoms with Gasteiger partial charge < -0.3 is 9.89 Å². The molecule has 0 saturated carbocycles. The Balaban J connectivity index is 0. The average Bonchev–Trinajstić information content (AvgIpc) is 3.30. The Morgan fingerprint density at radius 3 is 1.29 bits per heavy atom. The van der Waals surface area contributed by atoms with Crippen molar-refractivity contribution in [3.05, 3.63) is 59.7 Å². The van der Waals surface area contributed by atoms with Crippen LogP contribution in [0.5, 0.6) is 0 Å². The van der Waals surface area contributed by atoms with E-state index in [4.69, 9.17) is 0 Å². The first kappa shape index (κ1) is 29.6. The fraction of sp³-hybridized carbons (Fsp3) is 0.560. The zero-order chi connectivity index (χ0) is 20.8. The summed E-state index contributed by atoms with van der Waals surface area (Å²) in [5.74, 6) is 1.37. The van der Waals surface area contributed by atoms with Gasteiger partial charge in [-0.1, -0.05) is 46.5 Å². The summed E-state index contributed by atoms with van der Waals surface area (Å²) in [4.78, 5) is 6.29. The molecule has 0 fully saturated rings. The Morgan fingerprint density at radius 2 is 1.11 bits per heavy atom. The zero-order valence-corrected chi connectivity index (χ0v) is 23.2. The Hall–Kier alpha value is -0.635. The van der Waals surface area contributed by atoms with Crippen LogP contribution in [-0.4, -0.2) is 29.9 Å². The smallest absolute Gasteiger partial charge is 0.536 e. The maximum atomic E-state index is 4.19. The van der Waals surface area contributed by atoms with Crippen LogP contribution in [0.2, 0.25) is 0 Å². The fourth-order valence-corrected chi connectivity index (χ4v) is 2.29. The molecule has 2 nitrogen and oxygen atoms in total. The maximum absolute atomic E-state index is 4.19. The van der Waals surface area contributed by atoms with Crippen LogP contribution in [-0.2, 0) is 0 Å². The van der Waals surface area contributed by atoms with Gasteiger partial charge >= 0.3 is 35.6 Å². The second-order valence-electron chi connectivity index (χ2n) is 7.95. The molecule has 28 heavy (non-hydrogen) atoms. The van der Waals surface area contributed by atoms with Gasteiger partial charge in [-0.3, -0.25) is 6.34 Å². The monoisotopic (exact) mass is 508 g/mol. The first-order chi connectivity index (χ1) is 12.7. The first-order valence-corrected chi connectivity index (χ1v) is 10.3. The zero-order valence-electron chi connectivity index (χ0n) is 19.6. The van der Waals surface area contributed by atoms with E-state index in [-0.39, 0.29) is 35.6 Å². The Morgan fingerprint density at radius 1 is 0.750 bits per heavy atom. The van der Waals surface area contributed by atoms with Gasteiger partial charge in [-0.05, 0) is 40.3 Å². The molecular weight excluding hydrogens is 467 g/mol. The molecule has 2 rings (SSSR count). The standard InChI is InChI=1S/C9H19N2.2C8H11.La/c1-6-11(9(4)5)7-10-8(2)3;2*1-7(2)8-5-3-4-6-8;/h8-9H,6H2,1-5H3;2*3-7H,1-2H3;/q3*-1;+3. The summed E-state index contributed by atoms with van der Waals surface area (Å²) in [5.41, 5.74) is 2.87. The van der Waals surface area contributed by atoms with Crippen molar-refractivity contribution in [3.63, 3.8) is 0 Å². The predicted molar refractivity (Wildman–Crippen MR) is 122 cm³/mol. The minimum atomic E-state index is 0. The van der Waals surface area contributed by atoms with Crippen LogP contribution in [0.3, 0.4) is 0 Å². The molecule has 0 N–H and O–H groups in total. The minimum absolute atomic E-state index is 0. The van der Waals surface area contributed by atoms with E-state index in [0.717, 1.165) is 6.54 Å². The summed E-state index contributed by atoms with van der Waals surface area (Å²) in [5, 5.41) is 0. The third-order valence-corrected chi connectivity index (χ3v) is 4.12. The third-order valence-electron chi connectivity index (χ3n) is 4.12. The van der Waals surface area contributed by atoms with Gasteiger partial charge in [0.05, 0.1) is 0 Å². The van der Waals surface area contributed by atoms with E-state index in [1.807, 2.05) is 0 Å². The minimum Gasteiger partial charge on any atom is -0.536 e. The van der Waals surface area contributed by atoms with Gasteiger partial charge in [0.15, 0.2) is 0 Å². The Bertz CT molecular complexity index is 525. The van der Waals surface area contributed by atoms with Crippen LogP contribution in [0.15, 0.2) is 53.5 Å². The van der Waals surface area contributed by atoms with Crippen LogP contribution in [0.25, 0.3) is 0 Å². The van der Waals surface area contributed by atoms with E-state index in [1.54, 1.807) is 0 Å². The summed E-state index contributed by atoms with van der Waals surface area (Å²) in [6.07, 6.45) is 3.03. The number of rotatable bonds is 6. The normalized spacial score (nSPS) is 10.6. The van der Waals surface area contributed by atoms with Gasteiger partial charge in [0, 0.05) is 6.04 Å². The van der Waals surface area contributed by atoms with Crippen molar-refractivity contribution >= 4 is 6.34 Å². The van der Waals surface area contributed by atoms with Crippen LogP contribution < -0.4 is 0 Å². The predicted octanol–water partition coefficient (Wildman–Crippen LogP) is 7.09. The molecule has 0 radical (unpaired) electrons. The van der Waals surface area contributed by atoms with E-state index in [2.05, 4.69) is 127 Å². The molecule has 0 bridgehead atoms. The van der Waals surface area contributed by atoms with E-state index >= 15 is 0 Å². The van der Waals surface area contributed by atoms with E-state index in [1.165, 1.54) is 11.1 Å². The molecule has 2 aromatic carbocycles. The molecule has 0 heterocycles. The van der Waals surface area contributed by atoms with Gasteiger partial charge in [0.25, 0.3) is 0 Å². The van der Waals surface area contributed by atoms with Gasteiger partial charge in [-0.15, -0.1) is 0 Å². The molecule has 3 heteroatoms. The van der Waals surface area contributed by atoms with Crippen molar-refractivity contribution in [2.45, 2.75) is 86.2 Å². The summed E-state index contributed by atoms with van der Waals surface area (Å²) in [7, 11) is 0. The van der Waals surface area contributed by atoms with E-state index < -0.39 is 0 Å². The van der Waals surface area contributed by atoms with Crippen LogP contribution >= 0.6 is 0 Å². The Kier molecular flexibility index (Phi) is 18.2. The SMILES string of the molecule is CC(C)[c-]1cccc1.CC(C)[c-]1cccc1.CCN([C-]=NC(C)C)C(C)C.[La+3]. The topological polar surface area (TPSA) is 15.6 Å². The van der Waals surface area contributed by atoms with Crippen molar-refractivity contribution in [2.24, 2.45) is 4.99 Å². The van der Waals surface area contributed by atoms with Crippen LogP contribution in [0.1, 0.15) is 85.3 Å². The molecule has 0 saturated heterocycles. The molecule has 0 aliphatic heterocycles. The van der Waals surface area contributed by atoms with Gasteiger partial charge in [-0.2, -0.15) is 35.4 Å². The van der Waals surface area contributed by atoms with Crippen molar-refractivity contribution in [1.82, 2.24) is 4.90 Å². The average molecular weight is 509 g/mol. The molecule has 2 aromatic rings. The number of aliphatic imine (C=N–C) groups is 1. The summed E-state index contributed by atoms with van der Waals surface area (Å²) >= 11 is 0. The van der Waals surface area contributed by atoms with Crippen LogP contribution in [0, 0.1) is 35.6 Å². The maximum Gasteiger partial charge on any atom is 3.00 e. The van der Waals surface area contributed by atoms with Gasteiger partial charge in [0.1, 0.15) is 0 Å². The second-order valence-corrected chi connectivity index (χ2v) is 7.95. The molecule has 0 aliphatic carbocycles. The number of nitrogens with zero attached hydrogens (tertiary/aromatic N) is 2. The third kappa shape index (κ3) is 14.4. The van der Waals surface area contributed by atoms with E-state index in [0.29, 0.717) is 23.9 Å². The van der Waals surface area contributed by atoms with E-state index in [9.17, 15) is 0 Å². The quantitative estimate of drug-likeness (QED) is 0.176. The largest absolute Gasteiger partial charge is 3.00 e. The Labute approximate surface area is 203 Å². The molecule has 0 unspecified atom stereocenters. The molecule has 154 valence electrons. The molecule has 0 amide bonds. The first-order valence-electron chi connectivity index (χ1n) is 10.3. The van der Waals surface area contributed by atoms with Crippen molar-refractivity contribution in [1.29, 1.82) is 0 Å². The second kappa shape index (κ2) is 17.2. The summed E-state index contributed by atoms with van der Waals surface area (Å²) in [6.45, 7) is 20.3. The molecular formula is C25H41LaN2. The van der Waals surface area contributed by atoms with Gasteiger partial charge in [0.2, 0.25) is 0 Å². The molecule has 0 aliphatic rings. The fourth-order valence-electron chi connectivity index (χ4n) is 2.29. The van der Waals surface area contributed by atoms with Gasteiger partial charge in [-0.25, -0.2) is 24.3 Å². The van der Waals surface area contributed by atoms with Crippen molar-refractivity contribution in [2.75, 3.05) is 6.54 Å².